The minimum Gasteiger partial charge on any atom is -0.491 e. The van der Waals surface area contributed by atoms with Gasteiger partial charge in [-0.2, -0.15) is 0 Å². The lowest BCUT2D eigenvalue weighted by atomic mass is 10.0. The van der Waals surface area contributed by atoms with Crippen LogP contribution in [-0.4, -0.2) is 66.3 Å². The van der Waals surface area contributed by atoms with E-state index in [1.165, 1.54) is 17.0 Å². The van der Waals surface area contributed by atoms with Gasteiger partial charge in [0.25, 0.3) is 0 Å². The summed E-state index contributed by atoms with van der Waals surface area (Å²) in [7, 11) is 0. The number of ether oxygens (including phenoxy) is 2. The van der Waals surface area contributed by atoms with Crippen LogP contribution >= 0.6 is 11.3 Å². The van der Waals surface area contributed by atoms with E-state index in [-0.39, 0.29) is 50.7 Å². The van der Waals surface area contributed by atoms with E-state index in [2.05, 4.69) is 6.58 Å². The van der Waals surface area contributed by atoms with E-state index in [4.69, 9.17) is 13.9 Å². The molecular weight excluding hydrogens is 483 g/mol. The van der Waals surface area contributed by atoms with Gasteiger partial charge in [-0.15, -0.1) is 17.9 Å². The molecule has 192 valence electrons. The zero-order valence-electron chi connectivity index (χ0n) is 20.1. The van der Waals surface area contributed by atoms with Gasteiger partial charge < -0.3 is 23.9 Å². The van der Waals surface area contributed by atoms with Crippen molar-refractivity contribution in [2.24, 2.45) is 0 Å². The number of halogens is 1. The number of furan rings is 1. The number of nitrogens with zero attached hydrogens (tertiary/aromatic N) is 2. The van der Waals surface area contributed by atoms with Crippen molar-refractivity contribution < 1.29 is 28.2 Å². The van der Waals surface area contributed by atoms with Crippen molar-refractivity contribution in [1.29, 1.82) is 0 Å². The van der Waals surface area contributed by atoms with Crippen LogP contribution in [-0.2, 0) is 22.6 Å². The monoisotopic (exact) mass is 514 g/mol. The Morgan fingerprint density at radius 2 is 2.17 bits per heavy atom. The fraction of sp³-hybridized carbons (Fsp3) is 0.370. The van der Waals surface area contributed by atoms with Gasteiger partial charge in [-0.25, -0.2) is 4.39 Å². The number of hydrogen-bond acceptors (Lipinski definition) is 7. The summed E-state index contributed by atoms with van der Waals surface area (Å²) in [5.41, 5.74) is 1.09. The van der Waals surface area contributed by atoms with Crippen LogP contribution in [0, 0.1) is 5.82 Å². The predicted molar refractivity (Wildman–Crippen MR) is 135 cm³/mol. The van der Waals surface area contributed by atoms with Crippen LogP contribution in [0.25, 0.3) is 0 Å². The smallest absolute Gasteiger partial charge is 0.237 e. The molecule has 3 heterocycles. The Bertz CT molecular complexity index is 1100. The SMILES string of the molecule is C=CCN(CC(=O)N1CCc2sccc2[C@H]1COc1ccc(F)cc1)C[C@@H](O)COCc1ccco1. The van der Waals surface area contributed by atoms with E-state index in [1.807, 2.05) is 27.3 Å². The summed E-state index contributed by atoms with van der Waals surface area (Å²) >= 11 is 1.68. The zero-order chi connectivity index (χ0) is 25.3. The molecule has 1 aromatic carbocycles. The van der Waals surface area contributed by atoms with Crippen LogP contribution in [0.3, 0.4) is 0 Å². The third kappa shape index (κ3) is 7.04. The molecule has 0 fully saturated rings. The Morgan fingerprint density at radius 3 is 2.92 bits per heavy atom. The molecular formula is C27H31FN2O5S. The normalized spacial score (nSPS) is 16.1. The van der Waals surface area contributed by atoms with Gasteiger partial charge in [-0.3, -0.25) is 9.69 Å². The average molecular weight is 515 g/mol. The van der Waals surface area contributed by atoms with Gasteiger partial charge in [0.15, 0.2) is 0 Å². The Balaban J connectivity index is 1.36. The van der Waals surface area contributed by atoms with E-state index in [0.29, 0.717) is 24.6 Å². The largest absolute Gasteiger partial charge is 0.491 e. The first-order chi connectivity index (χ1) is 17.5. The Morgan fingerprint density at radius 1 is 1.33 bits per heavy atom. The standard InChI is InChI=1S/C27H31FN2O5S/c1-2-11-29(15-21(31)17-33-18-23-4-3-13-34-23)16-27(32)30-12-9-26-24(10-14-36-26)25(30)19-35-22-7-5-20(28)6-8-22/h2-8,10,13-14,21,25,31H,1,9,11-12,15-19H2/t21-,25-/m1/s1. The van der Waals surface area contributed by atoms with Crippen LogP contribution in [0.15, 0.2) is 71.2 Å². The fourth-order valence-electron chi connectivity index (χ4n) is 4.29. The summed E-state index contributed by atoms with van der Waals surface area (Å²) in [6, 6.07) is 11.3. The molecule has 1 aliphatic heterocycles. The molecule has 0 aliphatic carbocycles. The van der Waals surface area contributed by atoms with Crippen molar-refractivity contribution in [3.63, 3.8) is 0 Å². The lowest BCUT2D eigenvalue weighted by Gasteiger charge is -2.37. The average Bonchev–Trinajstić information content (AvgIpc) is 3.56. The maximum Gasteiger partial charge on any atom is 0.237 e. The molecule has 3 aromatic rings. The number of carbonyl (C=O) groups is 1. The van der Waals surface area contributed by atoms with Crippen molar-refractivity contribution in [2.75, 3.05) is 39.4 Å². The lowest BCUT2D eigenvalue weighted by Crippen LogP contribution is -2.48. The maximum atomic E-state index is 13.5. The van der Waals surface area contributed by atoms with Gasteiger partial charge in [-0.1, -0.05) is 6.08 Å². The van der Waals surface area contributed by atoms with Crippen molar-refractivity contribution in [3.8, 4) is 5.75 Å². The van der Waals surface area contributed by atoms with E-state index in [1.54, 1.807) is 41.9 Å². The summed E-state index contributed by atoms with van der Waals surface area (Å²) < 4.78 is 30.0. The first-order valence-corrected chi connectivity index (χ1v) is 12.8. The predicted octanol–water partition coefficient (Wildman–Crippen LogP) is 4.05. The number of carbonyl (C=O) groups excluding carboxylic acids is 1. The van der Waals surface area contributed by atoms with E-state index in [0.717, 1.165) is 12.0 Å². The number of hydrogen-bond donors (Lipinski definition) is 1. The van der Waals surface area contributed by atoms with Gasteiger partial charge in [0.05, 0.1) is 31.6 Å². The minimum absolute atomic E-state index is 0.0508. The summed E-state index contributed by atoms with van der Waals surface area (Å²) in [6.07, 6.45) is 3.31. The Hall–Kier alpha value is -2.98. The molecule has 36 heavy (non-hydrogen) atoms. The topological polar surface area (TPSA) is 75.4 Å². The third-order valence-corrected chi connectivity index (χ3v) is 6.98. The molecule has 2 atom stereocenters. The number of thiophene rings is 1. The summed E-state index contributed by atoms with van der Waals surface area (Å²) in [6.45, 7) is 5.90. The molecule has 1 aliphatic rings. The first kappa shape index (κ1) is 26.1. The van der Waals surface area contributed by atoms with Gasteiger partial charge in [0.2, 0.25) is 5.91 Å². The summed E-state index contributed by atoms with van der Waals surface area (Å²) in [5, 5.41) is 12.5. The molecule has 0 radical (unpaired) electrons. The highest BCUT2D eigenvalue weighted by atomic mass is 32.1. The number of benzene rings is 1. The highest BCUT2D eigenvalue weighted by molar-refractivity contribution is 7.10. The van der Waals surface area contributed by atoms with Crippen LogP contribution in [0.4, 0.5) is 4.39 Å². The quantitative estimate of drug-likeness (QED) is 0.347. The second-order valence-corrected chi connectivity index (χ2v) is 9.65. The van der Waals surface area contributed by atoms with Crippen LogP contribution < -0.4 is 4.74 Å². The van der Waals surface area contributed by atoms with E-state index >= 15 is 0 Å². The van der Waals surface area contributed by atoms with Gasteiger partial charge in [0.1, 0.15) is 30.5 Å². The molecule has 0 bridgehead atoms. The summed E-state index contributed by atoms with van der Waals surface area (Å²) in [5.74, 6) is 0.863. The first-order valence-electron chi connectivity index (χ1n) is 11.9. The zero-order valence-corrected chi connectivity index (χ0v) is 20.9. The number of fused-ring (bicyclic) bond motifs is 1. The highest BCUT2D eigenvalue weighted by Gasteiger charge is 2.33. The second kappa shape index (κ2) is 12.8. The van der Waals surface area contributed by atoms with E-state index < -0.39 is 6.10 Å². The number of rotatable bonds is 13. The second-order valence-electron chi connectivity index (χ2n) is 8.65. The molecule has 4 rings (SSSR count). The van der Waals surface area contributed by atoms with Crippen molar-refractivity contribution in [1.82, 2.24) is 9.80 Å². The lowest BCUT2D eigenvalue weighted by molar-refractivity contribution is -0.136. The van der Waals surface area contributed by atoms with Crippen molar-refractivity contribution in [2.45, 2.75) is 25.2 Å². The molecule has 2 aromatic heterocycles. The van der Waals surface area contributed by atoms with Gasteiger partial charge in [-0.05, 0) is 59.8 Å². The Labute approximate surface area is 214 Å². The summed E-state index contributed by atoms with van der Waals surface area (Å²) in [4.78, 5) is 18.4. The molecule has 9 heteroatoms. The van der Waals surface area contributed by atoms with Gasteiger partial charge >= 0.3 is 0 Å². The van der Waals surface area contributed by atoms with Gasteiger partial charge in [0, 0.05) is 24.5 Å². The molecule has 0 saturated carbocycles. The van der Waals surface area contributed by atoms with E-state index in [9.17, 15) is 14.3 Å². The Kier molecular flexibility index (Phi) is 9.29. The maximum absolute atomic E-state index is 13.5. The molecule has 7 nitrogen and oxygen atoms in total. The molecule has 0 saturated heterocycles. The van der Waals surface area contributed by atoms with Crippen LogP contribution in [0.2, 0.25) is 0 Å². The third-order valence-electron chi connectivity index (χ3n) is 5.99. The fourth-order valence-corrected chi connectivity index (χ4v) is 5.22. The van der Waals surface area contributed by atoms with Crippen molar-refractivity contribution in [3.05, 3.63) is 88.8 Å². The molecule has 1 N–H and O–H groups in total. The highest BCUT2D eigenvalue weighted by Crippen LogP contribution is 2.34. The number of aliphatic hydroxyl groups excluding tert-OH is 1. The molecule has 0 spiro atoms. The molecule has 1 amide bonds. The van der Waals surface area contributed by atoms with Crippen molar-refractivity contribution >= 4 is 17.2 Å². The van der Waals surface area contributed by atoms with Crippen LogP contribution in [0.5, 0.6) is 5.75 Å². The number of aliphatic hydroxyl groups is 1. The van der Waals surface area contributed by atoms with Crippen LogP contribution in [0.1, 0.15) is 22.2 Å². The minimum atomic E-state index is -0.768. The molecule has 0 unspecified atom stereocenters. The number of amides is 1.